The van der Waals surface area contributed by atoms with Gasteiger partial charge < -0.3 is 11.1 Å². The molecule has 0 saturated carbocycles. The van der Waals surface area contributed by atoms with Crippen LogP contribution in [0, 0.1) is 5.82 Å². The fraction of sp³-hybridized carbons (Fsp3) is 0.429. The first kappa shape index (κ1) is 14.5. The van der Waals surface area contributed by atoms with Gasteiger partial charge in [0.05, 0.1) is 6.54 Å². The highest BCUT2D eigenvalue weighted by atomic mass is 19.1. The molecule has 0 aromatic heterocycles. The van der Waals surface area contributed by atoms with E-state index in [1.54, 1.807) is 0 Å². The van der Waals surface area contributed by atoms with Crippen LogP contribution in [0.15, 0.2) is 24.3 Å². The molecule has 0 spiro atoms. The summed E-state index contributed by atoms with van der Waals surface area (Å²) in [5, 5.41) is 2.92. The molecule has 2 rings (SSSR count). The van der Waals surface area contributed by atoms with Gasteiger partial charge in [-0.05, 0) is 37.1 Å². The van der Waals surface area contributed by atoms with Crippen molar-refractivity contribution in [2.75, 3.05) is 19.6 Å². The average molecular weight is 279 g/mol. The molecule has 1 aliphatic heterocycles. The number of halogens is 1. The Bertz CT molecular complexity index is 482. The summed E-state index contributed by atoms with van der Waals surface area (Å²) in [4.78, 5) is 24.8. The lowest BCUT2D eigenvalue weighted by atomic mass is 10.0. The van der Waals surface area contributed by atoms with Crippen LogP contribution in [0.2, 0.25) is 0 Å². The van der Waals surface area contributed by atoms with E-state index >= 15 is 0 Å². The fourth-order valence-electron chi connectivity index (χ4n) is 2.33. The minimum Gasteiger partial charge on any atom is -0.369 e. The first-order chi connectivity index (χ1) is 9.54. The minimum atomic E-state index is -0.360. The van der Waals surface area contributed by atoms with Crippen LogP contribution >= 0.6 is 0 Å². The lowest BCUT2D eigenvalue weighted by Gasteiger charge is -2.31. The number of likely N-dealkylation sites (tertiary alicyclic amines) is 1. The number of nitrogens with zero attached hydrogens (tertiary/aromatic N) is 1. The third-order valence-corrected chi connectivity index (χ3v) is 3.41. The zero-order valence-electron chi connectivity index (χ0n) is 11.1. The molecule has 3 N–H and O–H groups in total. The molecule has 6 heteroatoms. The summed E-state index contributed by atoms with van der Waals surface area (Å²) in [6.45, 7) is 1.73. The van der Waals surface area contributed by atoms with Crippen molar-refractivity contribution in [3.63, 3.8) is 0 Å². The lowest BCUT2D eigenvalue weighted by Crippen LogP contribution is -2.46. The molecule has 0 aliphatic carbocycles. The summed E-state index contributed by atoms with van der Waals surface area (Å²) in [5.41, 5.74) is 5.60. The van der Waals surface area contributed by atoms with E-state index in [4.69, 9.17) is 5.73 Å². The van der Waals surface area contributed by atoms with Gasteiger partial charge in [-0.1, -0.05) is 0 Å². The number of amides is 2. The van der Waals surface area contributed by atoms with Gasteiger partial charge in [-0.15, -0.1) is 0 Å². The molecule has 1 aliphatic rings. The maximum absolute atomic E-state index is 12.8. The van der Waals surface area contributed by atoms with Crippen LogP contribution in [0.5, 0.6) is 0 Å². The molecule has 1 aromatic rings. The van der Waals surface area contributed by atoms with E-state index in [2.05, 4.69) is 5.32 Å². The molecule has 0 unspecified atom stereocenters. The van der Waals surface area contributed by atoms with Gasteiger partial charge in [0, 0.05) is 24.7 Å². The number of carbonyl (C=O) groups excluding carboxylic acids is 2. The predicted octanol–water partition coefficient (Wildman–Crippen LogP) is 0.505. The smallest absolute Gasteiger partial charge is 0.251 e. The number of piperidine rings is 1. The lowest BCUT2D eigenvalue weighted by molar-refractivity contribution is -0.119. The molecule has 2 amide bonds. The zero-order chi connectivity index (χ0) is 14.5. The molecule has 1 fully saturated rings. The van der Waals surface area contributed by atoms with E-state index in [0.717, 1.165) is 25.9 Å². The van der Waals surface area contributed by atoms with Gasteiger partial charge in [-0.3, -0.25) is 14.5 Å². The number of nitrogens with one attached hydrogen (secondary N) is 1. The summed E-state index contributed by atoms with van der Waals surface area (Å²) < 4.78 is 12.8. The zero-order valence-corrected chi connectivity index (χ0v) is 11.1. The SMILES string of the molecule is NC(=O)CN1CCC(NC(=O)c2ccc(F)cc2)CC1. The van der Waals surface area contributed by atoms with Gasteiger partial charge in [-0.25, -0.2) is 4.39 Å². The van der Waals surface area contributed by atoms with Crippen molar-refractivity contribution in [3.8, 4) is 0 Å². The Balaban J connectivity index is 1.82. The first-order valence-corrected chi connectivity index (χ1v) is 6.61. The van der Waals surface area contributed by atoms with Crippen LogP contribution in [-0.4, -0.2) is 42.4 Å². The molecular formula is C14H18FN3O2. The van der Waals surface area contributed by atoms with Crippen molar-refractivity contribution in [1.82, 2.24) is 10.2 Å². The monoisotopic (exact) mass is 279 g/mol. The maximum Gasteiger partial charge on any atom is 0.251 e. The molecule has 108 valence electrons. The molecule has 5 nitrogen and oxygen atoms in total. The topological polar surface area (TPSA) is 75.4 Å². The second-order valence-corrected chi connectivity index (χ2v) is 5.00. The number of hydrogen-bond acceptors (Lipinski definition) is 3. The molecule has 1 heterocycles. The highest BCUT2D eigenvalue weighted by Crippen LogP contribution is 2.11. The minimum absolute atomic E-state index is 0.0803. The van der Waals surface area contributed by atoms with Crippen LogP contribution in [0.4, 0.5) is 4.39 Å². The van der Waals surface area contributed by atoms with Crippen molar-refractivity contribution in [2.45, 2.75) is 18.9 Å². The molecule has 20 heavy (non-hydrogen) atoms. The molecule has 0 bridgehead atoms. The van der Waals surface area contributed by atoms with Gasteiger partial charge in [0.15, 0.2) is 0 Å². The van der Waals surface area contributed by atoms with Crippen molar-refractivity contribution in [1.29, 1.82) is 0 Å². The summed E-state index contributed by atoms with van der Waals surface area (Å²) in [6, 6.07) is 5.55. The predicted molar refractivity (Wildman–Crippen MR) is 72.5 cm³/mol. The third kappa shape index (κ3) is 4.03. The summed E-state index contributed by atoms with van der Waals surface area (Å²) in [5.74, 6) is -0.890. The Morgan fingerprint density at radius 3 is 2.40 bits per heavy atom. The highest BCUT2D eigenvalue weighted by molar-refractivity contribution is 5.94. The Morgan fingerprint density at radius 1 is 1.25 bits per heavy atom. The van der Waals surface area contributed by atoms with Gasteiger partial charge in [0.1, 0.15) is 5.82 Å². The Hall–Kier alpha value is -1.95. The van der Waals surface area contributed by atoms with Crippen molar-refractivity contribution in [3.05, 3.63) is 35.6 Å². The van der Waals surface area contributed by atoms with Crippen LogP contribution < -0.4 is 11.1 Å². The van der Waals surface area contributed by atoms with E-state index < -0.39 is 0 Å². The summed E-state index contributed by atoms with van der Waals surface area (Å²) >= 11 is 0. The molecular weight excluding hydrogens is 261 g/mol. The van der Waals surface area contributed by atoms with Crippen LogP contribution in [-0.2, 0) is 4.79 Å². The third-order valence-electron chi connectivity index (χ3n) is 3.41. The van der Waals surface area contributed by atoms with Crippen LogP contribution in [0.25, 0.3) is 0 Å². The number of rotatable bonds is 4. The summed E-state index contributed by atoms with van der Waals surface area (Å²) in [6.07, 6.45) is 1.56. The highest BCUT2D eigenvalue weighted by Gasteiger charge is 2.21. The number of benzene rings is 1. The molecule has 0 atom stereocenters. The van der Waals surface area contributed by atoms with E-state index in [1.807, 2.05) is 4.90 Å². The van der Waals surface area contributed by atoms with Gasteiger partial charge in [0.2, 0.25) is 5.91 Å². The molecule has 1 aromatic carbocycles. The van der Waals surface area contributed by atoms with Crippen LogP contribution in [0.3, 0.4) is 0 Å². The average Bonchev–Trinajstić information content (AvgIpc) is 2.41. The van der Waals surface area contributed by atoms with Crippen LogP contribution in [0.1, 0.15) is 23.2 Å². The van der Waals surface area contributed by atoms with E-state index in [-0.39, 0.29) is 30.2 Å². The van der Waals surface area contributed by atoms with E-state index in [0.29, 0.717) is 5.56 Å². The maximum atomic E-state index is 12.8. The second-order valence-electron chi connectivity index (χ2n) is 5.00. The quantitative estimate of drug-likeness (QED) is 0.843. The normalized spacial score (nSPS) is 16.9. The van der Waals surface area contributed by atoms with Gasteiger partial charge in [-0.2, -0.15) is 0 Å². The molecule has 1 saturated heterocycles. The van der Waals surface area contributed by atoms with Gasteiger partial charge >= 0.3 is 0 Å². The first-order valence-electron chi connectivity index (χ1n) is 6.61. The van der Waals surface area contributed by atoms with Crippen molar-refractivity contribution < 1.29 is 14.0 Å². The summed E-state index contributed by atoms with van der Waals surface area (Å²) in [7, 11) is 0. The molecule has 0 radical (unpaired) electrons. The standard InChI is InChI=1S/C14H18FN3O2/c15-11-3-1-10(2-4-11)14(20)17-12-5-7-18(8-6-12)9-13(16)19/h1-4,12H,5-9H2,(H2,16,19)(H,17,20). The van der Waals surface area contributed by atoms with Crippen molar-refractivity contribution >= 4 is 11.8 Å². The van der Waals surface area contributed by atoms with Crippen molar-refractivity contribution in [2.24, 2.45) is 5.73 Å². The Morgan fingerprint density at radius 2 is 1.85 bits per heavy atom. The fourth-order valence-corrected chi connectivity index (χ4v) is 2.33. The Labute approximate surface area is 116 Å². The Kier molecular flexibility index (Phi) is 4.68. The largest absolute Gasteiger partial charge is 0.369 e. The number of carbonyl (C=O) groups is 2. The van der Waals surface area contributed by atoms with E-state index in [9.17, 15) is 14.0 Å². The number of primary amides is 1. The number of nitrogens with two attached hydrogens (primary N) is 1. The van der Waals surface area contributed by atoms with E-state index in [1.165, 1.54) is 24.3 Å². The second kappa shape index (κ2) is 6.47. The number of hydrogen-bond donors (Lipinski definition) is 2. The van der Waals surface area contributed by atoms with Gasteiger partial charge in [0.25, 0.3) is 5.91 Å².